The SMILES string of the molecule is CCC(=O)Oc1nc(C)sc1-c1ccccc1Cl. The summed E-state index contributed by atoms with van der Waals surface area (Å²) in [5.41, 5.74) is 0.837. The van der Waals surface area contributed by atoms with Crippen molar-refractivity contribution >= 4 is 28.9 Å². The Hall–Kier alpha value is -1.39. The third kappa shape index (κ3) is 2.71. The number of esters is 1. The zero-order valence-electron chi connectivity index (χ0n) is 10.1. The lowest BCUT2D eigenvalue weighted by atomic mass is 10.2. The summed E-state index contributed by atoms with van der Waals surface area (Å²) in [5, 5.41) is 1.46. The van der Waals surface area contributed by atoms with Crippen LogP contribution in [0, 0.1) is 6.92 Å². The van der Waals surface area contributed by atoms with Gasteiger partial charge in [-0.2, -0.15) is 0 Å². The van der Waals surface area contributed by atoms with Gasteiger partial charge in [-0.15, -0.1) is 11.3 Å². The Morgan fingerprint density at radius 2 is 2.17 bits per heavy atom. The van der Waals surface area contributed by atoms with Crippen molar-refractivity contribution in [1.29, 1.82) is 0 Å². The summed E-state index contributed by atoms with van der Waals surface area (Å²) in [5.74, 6) is 0.0473. The first-order valence-corrected chi connectivity index (χ1v) is 6.74. The standard InChI is InChI=1S/C13H12ClNO2S/c1-3-11(16)17-13-12(18-8(2)15-13)9-6-4-5-7-10(9)14/h4-7H,3H2,1-2H3. The van der Waals surface area contributed by atoms with Crippen LogP contribution in [0.5, 0.6) is 5.88 Å². The molecule has 0 bridgehead atoms. The lowest BCUT2D eigenvalue weighted by Gasteiger charge is -2.04. The number of nitrogens with zero attached hydrogens (tertiary/aromatic N) is 1. The van der Waals surface area contributed by atoms with Crippen LogP contribution in [0.1, 0.15) is 18.4 Å². The molecule has 0 N–H and O–H groups in total. The van der Waals surface area contributed by atoms with Crippen LogP contribution in [-0.2, 0) is 4.79 Å². The van der Waals surface area contributed by atoms with Gasteiger partial charge >= 0.3 is 5.97 Å². The number of ether oxygens (including phenoxy) is 1. The highest BCUT2D eigenvalue weighted by atomic mass is 35.5. The van der Waals surface area contributed by atoms with Gasteiger partial charge in [0.1, 0.15) is 4.88 Å². The fourth-order valence-corrected chi connectivity index (χ4v) is 2.65. The normalized spacial score (nSPS) is 10.4. The van der Waals surface area contributed by atoms with E-state index in [-0.39, 0.29) is 5.97 Å². The molecule has 2 aromatic rings. The Morgan fingerprint density at radius 1 is 1.44 bits per heavy atom. The quantitative estimate of drug-likeness (QED) is 0.796. The van der Waals surface area contributed by atoms with Gasteiger partial charge in [0, 0.05) is 17.0 Å². The Balaban J connectivity index is 2.45. The predicted molar refractivity (Wildman–Crippen MR) is 73.2 cm³/mol. The number of aromatic nitrogens is 1. The average Bonchev–Trinajstić information content (AvgIpc) is 2.70. The molecule has 1 aromatic carbocycles. The van der Waals surface area contributed by atoms with Crippen LogP contribution in [0.15, 0.2) is 24.3 Å². The second-order valence-corrected chi connectivity index (χ2v) is 5.29. The predicted octanol–water partition coefficient (Wildman–Crippen LogP) is 4.09. The molecule has 5 heteroatoms. The van der Waals surface area contributed by atoms with Crippen LogP contribution >= 0.6 is 22.9 Å². The van der Waals surface area contributed by atoms with Gasteiger partial charge in [-0.05, 0) is 13.0 Å². The van der Waals surface area contributed by atoms with Gasteiger partial charge in [0.2, 0.25) is 5.88 Å². The van der Waals surface area contributed by atoms with Crippen molar-refractivity contribution in [1.82, 2.24) is 4.98 Å². The number of halogens is 1. The number of carbonyl (C=O) groups excluding carboxylic acids is 1. The van der Waals surface area contributed by atoms with Crippen molar-refractivity contribution in [3.8, 4) is 16.3 Å². The van der Waals surface area contributed by atoms with E-state index >= 15 is 0 Å². The van der Waals surface area contributed by atoms with E-state index in [4.69, 9.17) is 16.3 Å². The first-order valence-electron chi connectivity index (χ1n) is 5.54. The minimum absolute atomic E-state index is 0.298. The van der Waals surface area contributed by atoms with E-state index in [2.05, 4.69) is 4.98 Å². The number of benzene rings is 1. The van der Waals surface area contributed by atoms with Crippen LogP contribution in [-0.4, -0.2) is 11.0 Å². The molecular formula is C13H12ClNO2S. The molecular weight excluding hydrogens is 270 g/mol. The topological polar surface area (TPSA) is 39.2 Å². The molecule has 0 fully saturated rings. The monoisotopic (exact) mass is 281 g/mol. The second kappa shape index (κ2) is 5.50. The van der Waals surface area contributed by atoms with Crippen LogP contribution in [0.4, 0.5) is 0 Å². The van der Waals surface area contributed by atoms with Crippen molar-refractivity contribution < 1.29 is 9.53 Å². The zero-order valence-corrected chi connectivity index (χ0v) is 11.6. The third-order valence-electron chi connectivity index (χ3n) is 2.32. The van der Waals surface area contributed by atoms with E-state index in [0.717, 1.165) is 15.4 Å². The molecule has 1 heterocycles. The second-order valence-electron chi connectivity index (χ2n) is 3.67. The molecule has 1 aromatic heterocycles. The summed E-state index contributed by atoms with van der Waals surface area (Å²) in [7, 11) is 0. The number of hydrogen-bond acceptors (Lipinski definition) is 4. The van der Waals surface area contributed by atoms with Gasteiger partial charge in [-0.3, -0.25) is 4.79 Å². The Morgan fingerprint density at radius 3 is 2.83 bits per heavy atom. The number of thiazole rings is 1. The Kier molecular flexibility index (Phi) is 3.99. The number of carbonyl (C=O) groups is 1. The highest BCUT2D eigenvalue weighted by Gasteiger charge is 2.17. The Bertz CT molecular complexity index is 580. The number of rotatable bonds is 3. The van der Waals surface area contributed by atoms with Gasteiger partial charge in [0.25, 0.3) is 0 Å². The largest absolute Gasteiger partial charge is 0.406 e. The van der Waals surface area contributed by atoms with Crippen LogP contribution in [0.2, 0.25) is 5.02 Å². The molecule has 0 aliphatic rings. The molecule has 18 heavy (non-hydrogen) atoms. The maximum atomic E-state index is 11.4. The van der Waals surface area contributed by atoms with E-state index in [1.165, 1.54) is 11.3 Å². The molecule has 3 nitrogen and oxygen atoms in total. The highest BCUT2D eigenvalue weighted by Crippen LogP contribution is 2.39. The van der Waals surface area contributed by atoms with Crippen LogP contribution in [0.25, 0.3) is 10.4 Å². The first kappa shape index (κ1) is 13.1. The van der Waals surface area contributed by atoms with E-state index in [1.54, 1.807) is 13.0 Å². The van der Waals surface area contributed by atoms with Gasteiger partial charge < -0.3 is 4.74 Å². The molecule has 0 saturated heterocycles. The maximum absolute atomic E-state index is 11.4. The molecule has 0 aliphatic heterocycles. The zero-order chi connectivity index (χ0) is 13.1. The summed E-state index contributed by atoms with van der Waals surface area (Å²) in [4.78, 5) is 16.4. The van der Waals surface area contributed by atoms with Crippen molar-refractivity contribution in [2.24, 2.45) is 0 Å². The lowest BCUT2D eigenvalue weighted by Crippen LogP contribution is -2.06. The summed E-state index contributed by atoms with van der Waals surface area (Å²) >= 11 is 7.61. The third-order valence-corrected chi connectivity index (χ3v) is 3.64. The minimum Gasteiger partial charge on any atom is -0.406 e. The summed E-state index contributed by atoms with van der Waals surface area (Å²) in [6.45, 7) is 3.62. The molecule has 94 valence electrons. The van der Waals surface area contributed by atoms with Crippen molar-refractivity contribution in [2.45, 2.75) is 20.3 Å². The molecule has 0 saturated carbocycles. The molecule has 2 rings (SSSR count). The molecule has 0 unspecified atom stereocenters. The van der Waals surface area contributed by atoms with Crippen LogP contribution in [0.3, 0.4) is 0 Å². The van der Waals surface area contributed by atoms with Crippen molar-refractivity contribution in [3.05, 3.63) is 34.3 Å². The summed E-state index contributed by atoms with van der Waals surface area (Å²) in [6, 6.07) is 7.44. The molecule has 0 amide bonds. The van der Waals surface area contributed by atoms with Gasteiger partial charge in [-0.1, -0.05) is 36.7 Å². The molecule has 0 radical (unpaired) electrons. The Labute approximate surface area is 114 Å². The average molecular weight is 282 g/mol. The minimum atomic E-state index is -0.298. The van der Waals surface area contributed by atoms with Crippen LogP contribution < -0.4 is 4.74 Å². The van der Waals surface area contributed by atoms with E-state index < -0.39 is 0 Å². The van der Waals surface area contributed by atoms with Crippen molar-refractivity contribution in [3.63, 3.8) is 0 Å². The summed E-state index contributed by atoms with van der Waals surface area (Å²) < 4.78 is 5.23. The van der Waals surface area contributed by atoms with Crippen molar-refractivity contribution in [2.75, 3.05) is 0 Å². The number of hydrogen-bond donors (Lipinski definition) is 0. The van der Waals surface area contributed by atoms with Gasteiger partial charge in [-0.25, -0.2) is 4.98 Å². The number of aryl methyl sites for hydroxylation is 1. The van der Waals surface area contributed by atoms with E-state index in [0.29, 0.717) is 17.3 Å². The fourth-order valence-electron chi connectivity index (χ4n) is 1.47. The molecule has 0 aliphatic carbocycles. The first-order chi connectivity index (χ1) is 8.61. The highest BCUT2D eigenvalue weighted by molar-refractivity contribution is 7.15. The smallest absolute Gasteiger partial charge is 0.312 e. The molecule has 0 spiro atoms. The van der Waals surface area contributed by atoms with E-state index in [9.17, 15) is 4.79 Å². The fraction of sp³-hybridized carbons (Fsp3) is 0.231. The molecule has 0 atom stereocenters. The van der Waals surface area contributed by atoms with Gasteiger partial charge in [0.15, 0.2) is 0 Å². The maximum Gasteiger partial charge on any atom is 0.312 e. The van der Waals surface area contributed by atoms with Gasteiger partial charge in [0.05, 0.1) is 5.01 Å². The van der Waals surface area contributed by atoms with E-state index in [1.807, 2.05) is 25.1 Å². The summed E-state index contributed by atoms with van der Waals surface area (Å²) in [6.07, 6.45) is 0.318. The lowest BCUT2D eigenvalue weighted by molar-refractivity contribution is -0.134.